The van der Waals surface area contributed by atoms with Gasteiger partial charge in [0.15, 0.2) is 11.5 Å². The summed E-state index contributed by atoms with van der Waals surface area (Å²) in [6.07, 6.45) is 4.34. The Bertz CT molecular complexity index is 1410. The summed E-state index contributed by atoms with van der Waals surface area (Å²) in [5, 5.41) is 21.7. The van der Waals surface area contributed by atoms with E-state index in [1.807, 2.05) is 39.8 Å². The van der Waals surface area contributed by atoms with Gasteiger partial charge in [-0.15, -0.1) is 0 Å². The smallest absolute Gasteiger partial charge is 0.313 e. The Morgan fingerprint density at radius 1 is 0.971 bits per heavy atom. The van der Waals surface area contributed by atoms with Gasteiger partial charge < -0.3 is 24.1 Å². The first kappa shape index (κ1) is 25.9. The number of phenols is 2. The highest BCUT2D eigenvalue weighted by Crippen LogP contribution is 2.41. The van der Waals surface area contributed by atoms with Crippen LogP contribution in [0, 0.1) is 5.92 Å². The first-order chi connectivity index (χ1) is 16.5. The lowest BCUT2D eigenvalue weighted by Crippen LogP contribution is -2.16. The fraction of sp³-hybridized carbons (Fsp3) is 0.357. The molecule has 0 amide bonds. The summed E-state index contributed by atoms with van der Waals surface area (Å²) in [6, 6.07) is 2.76. The standard InChI is InChI=1S/C28H32O7/c1-14(2)8-10-17-19(29)12-20-24(25(17)30)26(31)23-18(11-9-15(3)4)27(33-7)22(13-21(23)34-20)35-28(32)16(5)6/h8-9,12-13,16,29-30H,10-11H2,1-7H3. The number of hydrogen-bond donors (Lipinski definition) is 2. The van der Waals surface area contributed by atoms with Crippen LogP contribution in [0.4, 0.5) is 0 Å². The van der Waals surface area contributed by atoms with Gasteiger partial charge in [-0.25, -0.2) is 0 Å². The average Bonchev–Trinajstić information content (AvgIpc) is 2.76. The highest BCUT2D eigenvalue weighted by Gasteiger charge is 2.25. The molecular weight excluding hydrogens is 448 g/mol. The van der Waals surface area contributed by atoms with Crippen molar-refractivity contribution in [2.45, 2.75) is 54.4 Å². The number of fused-ring (bicyclic) bond motifs is 2. The summed E-state index contributed by atoms with van der Waals surface area (Å²) in [5.41, 5.74) is 2.46. The number of carbonyl (C=O) groups is 1. The molecule has 0 aliphatic carbocycles. The fourth-order valence-corrected chi connectivity index (χ4v) is 3.75. The Morgan fingerprint density at radius 3 is 2.09 bits per heavy atom. The maximum atomic E-state index is 13.8. The first-order valence-corrected chi connectivity index (χ1v) is 11.5. The van der Waals surface area contributed by atoms with Gasteiger partial charge in [0.05, 0.1) is 18.4 Å². The van der Waals surface area contributed by atoms with E-state index in [1.165, 1.54) is 19.2 Å². The Morgan fingerprint density at radius 2 is 1.54 bits per heavy atom. The molecule has 7 nitrogen and oxygen atoms in total. The van der Waals surface area contributed by atoms with Gasteiger partial charge in [0, 0.05) is 23.3 Å². The van der Waals surface area contributed by atoms with Crippen molar-refractivity contribution < 1.29 is 28.9 Å². The summed E-state index contributed by atoms with van der Waals surface area (Å²) in [4.78, 5) is 26.1. The number of methoxy groups -OCH3 is 1. The van der Waals surface area contributed by atoms with E-state index in [0.29, 0.717) is 12.0 Å². The van der Waals surface area contributed by atoms with Gasteiger partial charge in [0.1, 0.15) is 28.1 Å². The van der Waals surface area contributed by atoms with Gasteiger partial charge in [-0.2, -0.15) is 0 Å². The Labute approximate surface area is 204 Å². The molecule has 7 heteroatoms. The molecule has 0 saturated carbocycles. The molecule has 0 aliphatic heterocycles. The minimum atomic E-state index is -0.464. The van der Waals surface area contributed by atoms with Gasteiger partial charge in [-0.05, 0) is 40.5 Å². The van der Waals surface area contributed by atoms with E-state index in [2.05, 4.69) is 0 Å². The monoisotopic (exact) mass is 480 g/mol. The lowest BCUT2D eigenvalue weighted by molar-refractivity contribution is -0.137. The molecule has 2 aromatic carbocycles. The van der Waals surface area contributed by atoms with Crippen molar-refractivity contribution in [3.63, 3.8) is 0 Å². The lowest BCUT2D eigenvalue weighted by atomic mass is 9.98. The van der Waals surface area contributed by atoms with Crippen LogP contribution in [0.3, 0.4) is 0 Å². The van der Waals surface area contributed by atoms with Gasteiger partial charge in [0.2, 0.25) is 5.43 Å². The summed E-state index contributed by atoms with van der Waals surface area (Å²) in [5.74, 6) is -0.965. The molecule has 0 radical (unpaired) electrons. The van der Waals surface area contributed by atoms with E-state index in [0.717, 1.165) is 11.1 Å². The summed E-state index contributed by atoms with van der Waals surface area (Å²) >= 11 is 0. The van der Waals surface area contributed by atoms with Gasteiger partial charge in [-0.3, -0.25) is 9.59 Å². The molecule has 1 aromatic heterocycles. The van der Waals surface area contributed by atoms with Crippen molar-refractivity contribution in [3.8, 4) is 23.0 Å². The van der Waals surface area contributed by atoms with E-state index in [1.54, 1.807) is 13.8 Å². The molecule has 0 saturated heterocycles. The van der Waals surface area contributed by atoms with Crippen LogP contribution >= 0.6 is 0 Å². The second kappa shape index (κ2) is 10.3. The minimum absolute atomic E-state index is 0.0258. The van der Waals surface area contributed by atoms with Gasteiger partial charge >= 0.3 is 5.97 Å². The topological polar surface area (TPSA) is 106 Å². The molecule has 0 fully saturated rings. The number of phenolic OH excluding ortho intramolecular Hbond substituents is 2. The van der Waals surface area contributed by atoms with E-state index in [4.69, 9.17) is 13.9 Å². The van der Waals surface area contributed by atoms with Crippen LogP contribution in [-0.4, -0.2) is 23.3 Å². The van der Waals surface area contributed by atoms with Crippen LogP contribution in [0.25, 0.3) is 21.9 Å². The van der Waals surface area contributed by atoms with Gasteiger partial charge in [0.25, 0.3) is 0 Å². The quantitative estimate of drug-likeness (QED) is 0.186. The van der Waals surface area contributed by atoms with Crippen molar-refractivity contribution in [2.75, 3.05) is 7.11 Å². The SMILES string of the molecule is COc1c(OC(=O)C(C)C)cc2oc3cc(O)c(CC=C(C)C)c(O)c3c(=O)c2c1CC=C(C)C. The number of ether oxygens (including phenoxy) is 2. The zero-order chi connectivity index (χ0) is 26.0. The third-order valence-electron chi connectivity index (χ3n) is 5.64. The molecular formula is C28H32O7. The Balaban J connectivity index is 2.44. The largest absolute Gasteiger partial charge is 0.507 e. The van der Waals surface area contributed by atoms with Crippen molar-refractivity contribution in [1.29, 1.82) is 0 Å². The van der Waals surface area contributed by atoms with Crippen molar-refractivity contribution in [3.05, 3.63) is 56.8 Å². The molecule has 0 unspecified atom stereocenters. The molecule has 0 atom stereocenters. The molecule has 3 aromatic rings. The zero-order valence-corrected chi connectivity index (χ0v) is 21.2. The molecule has 2 N–H and O–H groups in total. The predicted octanol–water partition coefficient (Wildman–Crippen LogP) is 5.94. The highest BCUT2D eigenvalue weighted by molar-refractivity contribution is 5.98. The van der Waals surface area contributed by atoms with Crippen molar-refractivity contribution >= 4 is 27.9 Å². The fourth-order valence-electron chi connectivity index (χ4n) is 3.75. The maximum Gasteiger partial charge on any atom is 0.313 e. The van der Waals surface area contributed by atoms with Crippen LogP contribution in [0.5, 0.6) is 23.0 Å². The van der Waals surface area contributed by atoms with Crippen LogP contribution in [0.1, 0.15) is 52.7 Å². The van der Waals surface area contributed by atoms with Crippen LogP contribution < -0.4 is 14.9 Å². The number of allylic oxidation sites excluding steroid dienone is 4. The molecule has 0 aliphatic rings. The van der Waals surface area contributed by atoms with E-state index < -0.39 is 11.4 Å². The normalized spacial score (nSPS) is 11.1. The minimum Gasteiger partial charge on any atom is -0.507 e. The second-order valence-electron chi connectivity index (χ2n) is 9.33. The first-order valence-electron chi connectivity index (χ1n) is 11.5. The Kier molecular flexibility index (Phi) is 7.58. The van der Waals surface area contributed by atoms with Crippen LogP contribution in [-0.2, 0) is 17.6 Å². The van der Waals surface area contributed by atoms with Crippen molar-refractivity contribution in [1.82, 2.24) is 0 Å². The Hall–Kier alpha value is -3.74. The number of hydrogen-bond acceptors (Lipinski definition) is 7. The number of carbonyl (C=O) groups excluding carboxylic acids is 1. The zero-order valence-electron chi connectivity index (χ0n) is 21.2. The second-order valence-corrected chi connectivity index (χ2v) is 9.33. The molecule has 1 heterocycles. The van der Waals surface area contributed by atoms with Gasteiger partial charge in [-0.1, -0.05) is 37.1 Å². The van der Waals surface area contributed by atoms with Crippen LogP contribution in [0.15, 0.2) is 44.6 Å². The summed E-state index contributed by atoms with van der Waals surface area (Å²) in [6.45, 7) is 11.1. The molecule has 186 valence electrons. The number of aromatic hydroxyl groups is 2. The van der Waals surface area contributed by atoms with E-state index in [9.17, 15) is 19.8 Å². The predicted molar refractivity (Wildman–Crippen MR) is 137 cm³/mol. The summed E-state index contributed by atoms with van der Waals surface area (Å²) < 4.78 is 17.2. The third-order valence-corrected chi connectivity index (χ3v) is 5.64. The number of rotatable bonds is 7. The van der Waals surface area contributed by atoms with E-state index >= 15 is 0 Å². The van der Waals surface area contributed by atoms with Crippen molar-refractivity contribution in [2.24, 2.45) is 5.92 Å². The molecule has 0 spiro atoms. The average molecular weight is 481 g/mol. The molecule has 3 rings (SSSR count). The summed E-state index contributed by atoms with van der Waals surface area (Å²) in [7, 11) is 1.44. The molecule has 0 bridgehead atoms. The lowest BCUT2D eigenvalue weighted by Gasteiger charge is -2.17. The maximum absolute atomic E-state index is 13.8. The van der Waals surface area contributed by atoms with Crippen LogP contribution in [0.2, 0.25) is 0 Å². The molecule has 35 heavy (non-hydrogen) atoms. The van der Waals surface area contributed by atoms with E-state index in [-0.39, 0.29) is 62.8 Å². The highest BCUT2D eigenvalue weighted by atomic mass is 16.6. The number of esters is 1. The third kappa shape index (κ3) is 5.19. The number of benzene rings is 2.